The Labute approximate surface area is 194 Å². The largest absolute Gasteiger partial charge is 0.497 e. The highest BCUT2D eigenvalue weighted by molar-refractivity contribution is 5.96. The van der Waals surface area contributed by atoms with Crippen molar-refractivity contribution in [3.05, 3.63) is 90.0 Å². The molecule has 7 nitrogen and oxygen atoms in total. The highest BCUT2D eigenvalue weighted by Gasteiger charge is 2.16. The maximum Gasteiger partial charge on any atom is 0.251 e. The Morgan fingerprint density at radius 1 is 0.848 bits per heavy atom. The summed E-state index contributed by atoms with van der Waals surface area (Å²) in [4.78, 5) is 26.8. The Morgan fingerprint density at radius 2 is 1.52 bits per heavy atom. The Bertz CT molecular complexity index is 1050. The van der Waals surface area contributed by atoms with Crippen LogP contribution in [0.2, 0.25) is 0 Å². The fourth-order valence-electron chi connectivity index (χ4n) is 3.28. The van der Waals surface area contributed by atoms with Crippen LogP contribution < -0.4 is 20.1 Å². The molecule has 0 saturated carbocycles. The van der Waals surface area contributed by atoms with Gasteiger partial charge in [0.2, 0.25) is 5.91 Å². The van der Waals surface area contributed by atoms with Gasteiger partial charge in [0, 0.05) is 12.1 Å². The monoisotopic (exact) mass is 447 g/mol. The summed E-state index contributed by atoms with van der Waals surface area (Å²) >= 11 is 0. The normalized spacial score (nSPS) is 11.5. The lowest BCUT2D eigenvalue weighted by molar-refractivity contribution is -0.120. The number of nitrogens with one attached hydrogen (secondary N) is 2. The number of benzene rings is 3. The van der Waals surface area contributed by atoms with Gasteiger partial charge in [-0.2, -0.15) is 0 Å². The Morgan fingerprint density at radius 3 is 2.18 bits per heavy atom. The van der Waals surface area contributed by atoms with E-state index in [0.29, 0.717) is 17.9 Å². The lowest BCUT2D eigenvalue weighted by Gasteiger charge is -2.25. The molecule has 3 aromatic rings. The third-order valence-electron chi connectivity index (χ3n) is 5.10. The molecule has 2 amide bonds. The van der Waals surface area contributed by atoms with Crippen molar-refractivity contribution in [1.29, 1.82) is 0 Å². The molecule has 3 aromatic carbocycles. The minimum absolute atomic E-state index is 0.0306. The van der Waals surface area contributed by atoms with Gasteiger partial charge in [0.1, 0.15) is 17.2 Å². The van der Waals surface area contributed by atoms with E-state index in [2.05, 4.69) is 10.6 Å². The van der Waals surface area contributed by atoms with E-state index in [9.17, 15) is 9.59 Å². The van der Waals surface area contributed by atoms with E-state index in [0.717, 1.165) is 17.1 Å². The summed E-state index contributed by atoms with van der Waals surface area (Å²) in [5.74, 6) is 1.52. The smallest absolute Gasteiger partial charge is 0.251 e. The first-order valence-electron chi connectivity index (χ1n) is 10.6. The van der Waals surface area contributed by atoms with E-state index >= 15 is 0 Å². The molecule has 0 aromatic heterocycles. The first-order valence-corrected chi connectivity index (χ1v) is 10.6. The summed E-state index contributed by atoms with van der Waals surface area (Å²) in [5.41, 5.74) is 1.48. The standard InChI is InChI=1S/C26H29N3O4/c1-29(2)24(20-8-7-11-23(16-20)32-3)17-27-25(30)18-28-26(31)19-12-14-22(15-13-19)33-21-9-5-4-6-10-21/h4-16,24H,17-18H2,1-3H3,(H,27,30)(H,28,31)/t24-/m0/s1. The molecule has 0 spiro atoms. The van der Waals surface area contributed by atoms with Gasteiger partial charge >= 0.3 is 0 Å². The minimum atomic E-state index is -0.326. The van der Waals surface area contributed by atoms with Crippen molar-refractivity contribution in [1.82, 2.24) is 15.5 Å². The molecule has 172 valence electrons. The maximum absolute atomic E-state index is 12.4. The molecule has 0 heterocycles. The predicted octanol–water partition coefficient (Wildman–Crippen LogP) is 3.64. The second-order valence-corrected chi connectivity index (χ2v) is 7.68. The van der Waals surface area contributed by atoms with Crippen LogP contribution >= 0.6 is 0 Å². The van der Waals surface area contributed by atoms with Gasteiger partial charge in [-0.05, 0) is 68.2 Å². The summed E-state index contributed by atoms with van der Waals surface area (Å²) in [5, 5.41) is 5.54. The zero-order valence-electron chi connectivity index (χ0n) is 19.1. The van der Waals surface area contributed by atoms with Crippen LogP contribution in [0.1, 0.15) is 22.0 Å². The lowest BCUT2D eigenvalue weighted by Crippen LogP contribution is -2.40. The SMILES string of the molecule is COc1cccc([C@H](CNC(=O)CNC(=O)c2ccc(Oc3ccccc3)cc2)N(C)C)c1. The average molecular weight is 448 g/mol. The predicted molar refractivity (Wildman–Crippen MR) is 128 cm³/mol. The number of nitrogens with zero attached hydrogens (tertiary/aromatic N) is 1. The van der Waals surface area contributed by atoms with Crippen molar-refractivity contribution in [2.24, 2.45) is 0 Å². The quantitative estimate of drug-likeness (QED) is 0.496. The van der Waals surface area contributed by atoms with E-state index < -0.39 is 0 Å². The van der Waals surface area contributed by atoms with E-state index in [1.807, 2.05) is 73.6 Å². The zero-order chi connectivity index (χ0) is 23.6. The summed E-state index contributed by atoms with van der Waals surface area (Å²) in [7, 11) is 5.52. The molecule has 0 saturated heterocycles. The second-order valence-electron chi connectivity index (χ2n) is 7.68. The van der Waals surface area contributed by atoms with E-state index in [1.54, 1.807) is 31.4 Å². The first-order chi connectivity index (χ1) is 16.0. The van der Waals surface area contributed by atoms with Crippen LogP contribution in [-0.2, 0) is 4.79 Å². The van der Waals surface area contributed by atoms with Gasteiger partial charge in [0.25, 0.3) is 5.91 Å². The molecule has 0 aliphatic carbocycles. The van der Waals surface area contributed by atoms with Crippen molar-refractivity contribution in [3.63, 3.8) is 0 Å². The molecule has 0 bridgehead atoms. The van der Waals surface area contributed by atoms with E-state index in [1.165, 1.54) is 0 Å². The summed E-state index contributed by atoms with van der Waals surface area (Å²) in [6.45, 7) is 0.291. The number of carbonyl (C=O) groups excluding carboxylic acids is 2. The molecule has 2 N–H and O–H groups in total. The molecular formula is C26H29N3O4. The summed E-state index contributed by atoms with van der Waals surface area (Å²) < 4.78 is 11.0. The average Bonchev–Trinajstić information content (AvgIpc) is 2.83. The van der Waals surface area contributed by atoms with Crippen LogP contribution in [0.4, 0.5) is 0 Å². The molecule has 0 unspecified atom stereocenters. The van der Waals surface area contributed by atoms with Crippen LogP contribution in [0.5, 0.6) is 17.2 Å². The van der Waals surface area contributed by atoms with Gasteiger partial charge in [-0.15, -0.1) is 0 Å². The Hall–Kier alpha value is -3.84. The fraction of sp³-hybridized carbons (Fsp3) is 0.231. The van der Waals surface area contributed by atoms with Crippen LogP contribution in [0, 0.1) is 0 Å². The topological polar surface area (TPSA) is 79.9 Å². The number of likely N-dealkylation sites (N-methyl/N-ethyl adjacent to an activating group) is 1. The molecule has 0 fully saturated rings. The fourth-order valence-corrected chi connectivity index (χ4v) is 3.28. The van der Waals surface area contributed by atoms with Gasteiger partial charge in [-0.1, -0.05) is 30.3 Å². The van der Waals surface area contributed by atoms with Gasteiger partial charge in [-0.25, -0.2) is 0 Å². The number of rotatable bonds is 10. The summed E-state index contributed by atoms with van der Waals surface area (Å²) in [6, 6.07) is 23.9. The number of ether oxygens (including phenoxy) is 2. The van der Waals surface area contributed by atoms with Crippen LogP contribution in [0.25, 0.3) is 0 Å². The van der Waals surface area contributed by atoms with Gasteiger partial charge < -0.3 is 25.0 Å². The molecule has 0 aliphatic rings. The molecule has 33 heavy (non-hydrogen) atoms. The van der Waals surface area contributed by atoms with E-state index in [4.69, 9.17) is 9.47 Å². The van der Waals surface area contributed by atoms with Crippen molar-refractivity contribution >= 4 is 11.8 Å². The lowest BCUT2D eigenvalue weighted by atomic mass is 10.1. The van der Waals surface area contributed by atoms with Gasteiger partial charge in [0.05, 0.1) is 19.7 Å². The van der Waals surface area contributed by atoms with E-state index in [-0.39, 0.29) is 24.4 Å². The Balaban J connectivity index is 1.48. The summed E-state index contributed by atoms with van der Waals surface area (Å²) in [6.07, 6.45) is 0. The molecule has 3 rings (SSSR count). The van der Waals surface area contributed by atoms with Crippen LogP contribution in [-0.4, -0.2) is 51.0 Å². The highest BCUT2D eigenvalue weighted by Crippen LogP contribution is 2.22. The van der Waals surface area contributed by atoms with Crippen molar-refractivity contribution < 1.29 is 19.1 Å². The van der Waals surface area contributed by atoms with Gasteiger partial charge in [-0.3, -0.25) is 9.59 Å². The number of amides is 2. The molecule has 0 aliphatic heterocycles. The van der Waals surface area contributed by atoms with Gasteiger partial charge in [0.15, 0.2) is 0 Å². The number of methoxy groups -OCH3 is 1. The Kier molecular flexibility index (Phi) is 8.43. The van der Waals surface area contributed by atoms with Crippen LogP contribution in [0.15, 0.2) is 78.9 Å². The molecule has 7 heteroatoms. The maximum atomic E-state index is 12.4. The minimum Gasteiger partial charge on any atom is -0.497 e. The first kappa shape index (κ1) is 23.8. The third kappa shape index (κ3) is 7.08. The molecule has 0 radical (unpaired) electrons. The third-order valence-corrected chi connectivity index (χ3v) is 5.10. The molecular weight excluding hydrogens is 418 g/mol. The zero-order valence-corrected chi connectivity index (χ0v) is 19.1. The number of para-hydroxylation sites is 1. The number of hydrogen-bond acceptors (Lipinski definition) is 5. The molecule has 1 atom stereocenters. The highest BCUT2D eigenvalue weighted by atomic mass is 16.5. The van der Waals surface area contributed by atoms with Crippen molar-refractivity contribution in [2.45, 2.75) is 6.04 Å². The number of hydrogen-bond donors (Lipinski definition) is 2. The van der Waals surface area contributed by atoms with Crippen LogP contribution in [0.3, 0.4) is 0 Å². The van der Waals surface area contributed by atoms with Crippen molar-refractivity contribution in [2.75, 3.05) is 34.3 Å². The van der Waals surface area contributed by atoms with Crippen molar-refractivity contribution in [3.8, 4) is 17.2 Å². The second kappa shape index (κ2) is 11.7. The number of carbonyl (C=O) groups is 2.